The highest BCUT2D eigenvalue weighted by atomic mass is 35.5. The SMILES string of the molecule is Cc1ccc(C)[nH+]c1.O=C1C(O)=C(Cl)C(=O)C([O-])=C1Cl. The average molecular weight is 316 g/mol. The van der Waals surface area contributed by atoms with Crippen LogP contribution in [0.2, 0.25) is 0 Å². The number of carbonyl (C=O) groups excluding carboxylic acids is 2. The molecule has 0 radical (unpaired) electrons. The molecule has 0 aromatic carbocycles. The second-order valence-electron chi connectivity index (χ2n) is 4.01. The number of carbonyl (C=O) groups is 2. The standard InChI is InChI=1S/C7H9N.C6H2Cl2O4/c1-6-3-4-7(2)8-5-6;7-1-3(9)5(11)2(8)6(12)4(1)10/h3-5H,1-2H3;9,12H. The molecule has 0 aliphatic heterocycles. The van der Waals surface area contributed by atoms with E-state index < -0.39 is 33.1 Å². The molecule has 1 aromatic rings. The summed E-state index contributed by atoms with van der Waals surface area (Å²) in [6.45, 7) is 4.11. The van der Waals surface area contributed by atoms with Gasteiger partial charge in [-0.1, -0.05) is 23.2 Å². The van der Waals surface area contributed by atoms with Gasteiger partial charge in [-0.3, -0.25) is 9.59 Å². The summed E-state index contributed by atoms with van der Waals surface area (Å²) >= 11 is 10.3. The molecule has 0 saturated carbocycles. The first kappa shape index (κ1) is 16.2. The maximum Gasteiger partial charge on any atom is 0.239 e. The molecular formula is C13H11Cl2NO4. The number of pyridine rings is 1. The highest BCUT2D eigenvalue weighted by molar-refractivity contribution is 6.55. The highest BCUT2D eigenvalue weighted by Crippen LogP contribution is 2.24. The Labute approximate surface area is 125 Å². The van der Waals surface area contributed by atoms with Crippen molar-refractivity contribution in [2.24, 2.45) is 0 Å². The van der Waals surface area contributed by atoms with Gasteiger partial charge < -0.3 is 10.2 Å². The molecule has 0 amide bonds. The number of aliphatic hydroxyl groups excluding tert-OH is 1. The average Bonchev–Trinajstić information content (AvgIpc) is 2.45. The molecule has 1 aromatic heterocycles. The van der Waals surface area contributed by atoms with Gasteiger partial charge in [0.15, 0.2) is 23.4 Å². The van der Waals surface area contributed by atoms with Gasteiger partial charge in [0.1, 0.15) is 5.03 Å². The van der Waals surface area contributed by atoms with E-state index in [0.717, 1.165) is 0 Å². The van der Waals surface area contributed by atoms with Gasteiger partial charge in [0.05, 0.1) is 5.03 Å². The Balaban J connectivity index is 0.000000217. The molecule has 0 saturated heterocycles. The summed E-state index contributed by atoms with van der Waals surface area (Å²) < 4.78 is 0. The van der Waals surface area contributed by atoms with Crippen LogP contribution in [0.4, 0.5) is 0 Å². The van der Waals surface area contributed by atoms with E-state index in [1.807, 2.05) is 13.1 Å². The summed E-state index contributed by atoms with van der Waals surface area (Å²) in [5.74, 6) is -4.46. The van der Waals surface area contributed by atoms with Crippen LogP contribution in [-0.2, 0) is 9.59 Å². The predicted molar refractivity (Wildman–Crippen MR) is 70.9 cm³/mol. The Hall–Kier alpha value is -1.85. The number of allylic oxidation sites excluding steroid dienone is 2. The molecule has 7 heteroatoms. The summed E-state index contributed by atoms with van der Waals surface area (Å²) in [5, 5.41) is 17.9. The lowest BCUT2D eigenvalue weighted by molar-refractivity contribution is -0.388. The van der Waals surface area contributed by atoms with E-state index in [-0.39, 0.29) is 0 Å². The van der Waals surface area contributed by atoms with Crippen LogP contribution >= 0.6 is 23.2 Å². The van der Waals surface area contributed by atoms with E-state index in [0.29, 0.717) is 0 Å². The van der Waals surface area contributed by atoms with E-state index in [4.69, 9.17) is 28.3 Å². The Bertz CT molecular complexity index is 535. The molecule has 5 nitrogen and oxygen atoms in total. The second-order valence-corrected chi connectivity index (χ2v) is 4.77. The van der Waals surface area contributed by atoms with Crippen LogP contribution in [-0.4, -0.2) is 16.7 Å². The third-order valence-corrected chi connectivity index (χ3v) is 3.04. The second kappa shape index (κ2) is 6.54. The third kappa shape index (κ3) is 3.59. The molecule has 2 N–H and O–H groups in total. The highest BCUT2D eigenvalue weighted by Gasteiger charge is 2.28. The fraction of sp³-hybridized carbons (Fsp3) is 0.154. The van der Waals surface area contributed by atoms with Gasteiger partial charge in [-0.25, -0.2) is 4.98 Å². The summed E-state index contributed by atoms with van der Waals surface area (Å²) in [5.41, 5.74) is 2.48. The summed E-state index contributed by atoms with van der Waals surface area (Å²) in [4.78, 5) is 24.6. The third-order valence-electron chi connectivity index (χ3n) is 2.35. The fourth-order valence-electron chi connectivity index (χ4n) is 1.19. The topological polar surface area (TPSA) is 91.6 Å². The van der Waals surface area contributed by atoms with Crippen molar-refractivity contribution >= 4 is 34.8 Å². The number of aromatic amines is 1. The van der Waals surface area contributed by atoms with E-state index >= 15 is 0 Å². The normalized spacial score (nSPS) is 15.2. The molecule has 1 aliphatic carbocycles. The van der Waals surface area contributed by atoms with Crippen LogP contribution in [0.25, 0.3) is 0 Å². The van der Waals surface area contributed by atoms with E-state index in [1.165, 1.54) is 11.3 Å². The van der Waals surface area contributed by atoms with Crippen LogP contribution in [0.3, 0.4) is 0 Å². The Morgan fingerprint density at radius 2 is 1.70 bits per heavy atom. The Morgan fingerprint density at radius 1 is 1.10 bits per heavy atom. The Kier molecular flexibility index (Phi) is 5.30. The van der Waals surface area contributed by atoms with Gasteiger partial charge >= 0.3 is 0 Å². The van der Waals surface area contributed by atoms with Crippen LogP contribution < -0.4 is 10.1 Å². The number of aromatic nitrogens is 1. The van der Waals surface area contributed by atoms with Crippen molar-refractivity contribution < 1.29 is 24.8 Å². The lowest BCUT2D eigenvalue weighted by Gasteiger charge is -2.17. The van der Waals surface area contributed by atoms with Gasteiger partial charge in [0.2, 0.25) is 5.78 Å². The zero-order chi connectivity index (χ0) is 15.4. The van der Waals surface area contributed by atoms with Crippen LogP contribution in [0.15, 0.2) is 39.9 Å². The van der Waals surface area contributed by atoms with Crippen LogP contribution in [0, 0.1) is 13.8 Å². The van der Waals surface area contributed by atoms with Crippen LogP contribution in [0.5, 0.6) is 0 Å². The lowest BCUT2D eigenvalue weighted by Crippen LogP contribution is -2.26. The van der Waals surface area contributed by atoms with Gasteiger partial charge in [0.25, 0.3) is 0 Å². The number of aryl methyl sites for hydroxylation is 2. The summed E-state index contributed by atoms with van der Waals surface area (Å²) in [7, 11) is 0. The van der Waals surface area contributed by atoms with Crippen molar-refractivity contribution in [1.29, 1.82) is 0 Å². The molecular weight excluding hydrogens is 305 g/mol. The first-order valence-corrected chi connectivity index (χ1v) is 6.21. The maximum absolute atomic E-state index is 10.8. The Morgan fingerprint density at radius 3 is 2.15 bits per heavy atom. The number of H-pyrrole nitrogens is 1. The number of Topliss-reactive ketones (excluding diaryl/α,β-unsaturated/α-hetero) is 2. The largest absolute Gasteiger partial charge is 0.869 e. The zero-order valence-corrected chi connectivity index (χ0v) is 12.2. The first-order valence-electron chi connectivity index (χ1n) is 5.45. The maximum atomic E-state index is 10.8. The van der Waals surface area contributed by atoms with E-state index in [9.17, 15) is 14.7 Å². The number of nitrogens with one attached hydrogen (secondary N) is 1. The van der Waals surface area contributed by atoms with Crippen molar-refractivity contribution in [1.82, 2.24) is 0 Å². The number of aliphatic hydroxyl groups is 1. The number of hydrogen-bond acceptors (Lipinski definition) is 4. The molecule has 20 heavy (non-hydrogen) atoms. The molecule has 1 aliphatic rings. The van der Waals surface area contributed by atoms with Gasteiger partial charge in [-0.2, -0.15) is 0 Å². The van der Waals surface area contributed by atoms with Gasteiger partial charge in [-0.15, -0.1) is 0 Å². The zero-order valence-electron chi connectivity index (χ0n) is 10.7. The number of hydrogen-bond donors (Lipinski definition) is 1. The number of halogens is 2. The minimum atomic E-state index is -1.19. The fourth-order valence-corrected chi connectivity index (χ4v) is 1.54. The van der Waals surface area contributed by atoms with Gasteiger partial charge in [-0.05, 0) is 18.7 Å². The molecule has 0 atom stereocenters. The molecule has 1 heterocycles. The molecule has 0 spiro atoms. The van der Waals surface area contributed by atoms with Gasteiger partial charge in [0, 0.05) is 18.6 Å². The molecule has 2 rings (SSSR count). The molecule has 0 unspecified atom stereocenters. The summed E-state index contributed by atoms with van der Waals surface area (Å²) in [6.07, 6.45) is 2.00. The lowest BCUT2D eigenvalue weighted by atomic mass is 10.1. The van der Waals surface area contributed by atoms with E-state index in [1.54, 1.807) is 0 Å². The van der Waals surface area contributed by atoms with Crippen molar-refractivity contribution in [3.8, 4) is 0 Å². The number of rotatable bonds is 0. The smallest absolute Gasteiger partial charge is 0.239 e. The van der Waals surface area contributed by atoms with Crippen molar-refractivity contribution in [3.05, 3.63) is 51.2 Å². The minimum absolute atomic E-state index is 0.783. The summed E-state index contributed by atoms with van der Waals surface area (Å²) in [6, 6.07) is 4.15. The first-order chi connectivity index (χ1) is 9.25. The molecule has 106 valence electrons. The van der Waals surface area contributed by atoms with E-state index in [2.05, 4.69) is 24.0 Å². The quantitative estimate of drug-likeness (QED) is 0.725. The predicted octanol–water partition coefficient (Wildman–Crippen LogP) is 1.07. The van der Waals surface area contributed by atoms with Crippen molar-refractivity contribution in [2.45, 2.75) is 13.8 Å². The van der Waals surface area contributed by atoms with Crippen LogP contribution in [0.1, 0.15) is 11.3 Å². The van der Waals surface area contributed by atoms with Crippen molar-refractivity contribution in [2.75, 3.05) is 0 Å². The monoisotopic (exact) mass is 315 g/mol. The number of ketones is 2. The minimum Gasteiger partial charge on any atom is -0.869 e. The molecule has 0 fully saturated rings. The molecule has 0 bridgehead atoms. The van der Waals surface area contributed by atoms with Crippen molar-refractivity contribution in [3.63, 3.8) is 0 Å².